The van der Waals surface area contributed by atoms with E-state index >= 15 is 0 Å². The highest BCUT2D eigenvalue weighted by Crippen LogP contribution is 2.07. The van der Waals surface area contributed by atoms with Crippen LogP contribution in [0, 0.1) is 5.92 Å². The minimum atomic E-state index is -0.279. The zero-order valence-corrected chi connectivity index (χ0v) is 10.6. The van der Waals surface area contributed by atoms with Crippen LogP contribution in [0.3, 0.4) is 0 Å². The predicted molar refractivity (Wildman–Crippen MR) is 67.3 cm³/mol. The Labute approximate surface area is 98.5 Å². The van der Waals surface area contributed by atoms with Crippen molar-refractivity contribution >= 4 is 0 Å². The van der Waals surface area contributed by atoms with E-state index in [4.69, 9.17) is 5.11 Å². The van der Waals surface area contributed by atoms with E-state index in [0.29, 0.717) is 6.54 Å². The molecule has 0 saturated carbocycles. The molecule has 0 aromatic carbocycles. The van der Waals surface area contributed by atoms with Gasteiger partial charge in [0.05, 0.1) is 6.10 Å². The maximum atomic E-state index is 9.16. The summed E-state index contributed by atoms with van der Waals surface area (Å²) in [7, 11) is 0. The van der Waals surface area contributed by atoms with Crippen LogP contribution in [0.5, 0.6) is 0 Å². The molecule has 0 spiro atoms. The van der Waals surface area contributed by atoms with Crippen molar-refractivity contribution in [3.05, 3.63) is 24.0 Å². The molecule has 16 heavy (non-hydrogen) atoms. The van der Waals surface area contributed by atoms with E-state index < -0.39 is 0 Å². The average Bonchev–Trinajstić information content (AvgIpc) is 2.62. The summed E-state index contributed by atoms with van der Waals surface area (Å²) in [5.41, 5.74) is 1.29. The number of aliphatic hydroxyl groups is 1. The van der Waals surface area contributed by atoms with Gasteiger partial charge in [-0.3, -0.25) is 0 Å². The quantitative estimate of drug-likeness (QED) is 0.743. The average molecular weight is 224 g/mol. The molecule has 1 rings (SSSR count). The number of aryl methyl sites for hydroxylation is 1. The van der Waals surface area contributed by atoms with E-state index in [1.54, 1.807) is 6.92 Å². The summed E-state index contributed by atoms with van der Waals surface area (Å²) in [5, 5.41) is 12.4. The van der Waals surface area contributed by atoms with Crippen LogP contribution in [0.4, 0.5) is 0 Å². The Morgan fingerprint density at radius 3 is 2.75 bits per heavy atom. The van der Waals surface area contributed by atoms with Gasteiger partial charge >= 0.3 is 0 Å². The molecule has 1 atom stereocenters. The van der Waals surface area contributed by atoms with Crippen LogP contribution in [0.2, 0.25) is 0 Å². The van der Waals surface area contributed by atoms with Gasteiger partial charge in [-0.1, -0.05) is 13.8 Å². The summed E-state index contributed by atoms with van der Waals surface area (Å²) in [6, 6.07) is 4.22. The molecule has 92 valence electrons. The maximum absolute atomic E-state index is 9.16. The van der Waals surface area contributed by atoms with Crippen molar-refractivity contribution < 1.29 is 5.11 Å². The number of nitrogens with zero attached hydrogens (tertiary/aromatic N) is 1. The van der Waals surface area contributed by atoms with E-state index in [-0.39, 0.29) is 6.10 Å². The number of hydrogen-bond acceptors (Lipinski definition) is 2. The van der Waals surface area contributed by atoms with Gasteiger partial charge in [-0.2, -0.15) is 0 Å². The number of rotatable bonds is 7. The predicted octanol–water partition coefficient (Wildman–Crippen LogP) is 2.00. The Bertz CT molecular complexity index is 292. The standard InChI is InChI=1S/C13H24N2O/c1-11(2)6-8-15-7-4-5-13(15)10-14-9-12(3)16/h4-5,7,11-12,14,16H,6,8-10H2,1-3H3. The molecule has 0 aliphatic heterocycles. The number of aromatic nitrogens is 1. The van der Waals surface area contributed by atoms with Crippen molar-refractivity contribution in [3.63, 3.8) is 0 Å². The van der Waals surface area contributed by atoms with Crippen LogP contribution in [-0.4, -0.2) is 22.3 Å². The Morgan fingerprint density at radius 1 is 1.38 bits per heavy atom. The van der Waals surface area contributed by atoms with Gasteiger partial charge in [0, 0.05) is 31.5 Å². The fraction of sp³-hybridized carbons (Fsp3) is 0.692. The Balaban J connectivity index is 2.38. The van der Waals surface area contributed by atoms with Crippen molar-refractivity contribution in [1.29, 1.82) is 0 Å². The summed E-state index contributed by atoms with van der Waals surface area (Å²) in [6.45, 7) is 8.84. The first kappa shape index (κ1) is 13.3. The monoisotopic (exact) mass is 224 g/mol. The van der Waals surface area contributed by atoms with Crippen LogP contribution in [0.25, 0.3) is 0 Å². The van der Waals surface area contributed by atoms with Gasteiger partial charge in [-0.15, -0.1) is 0 Å². The molecule has 2 N–H and O–H groups in total. The van der Waals surface area contributed by atoms with Crippen LogP contribution in [-0.2, 0) is 13.1 Å². The number of aliphatic hydroxyl groups excluding tert-OH is 1. The highest BCUT2D eigenvalue weighted by atomic mass is 16.3. The van der Waals surface area contributed by atoms with Crippen molar-refractivity contribution in [3.8, 4) is 0 Å². The molecular weight excluding hydrogens is 200 g/mol. The second kappa shape index (κ2) is 6.71. The zero-order valence-electron chi connectivity index (χ0n) is 10.6. The molecule has 3 nitrogen and oxygen atoms in total. The Hall–Kier alpha value is -0.800. The lowest BCUT2D eigenvalue weighted by Gasteiger charge is -2.12. The summed E-state index contributed by atoms with van der Waals surface area (Å²) in [4.78, 5) is 0. The second-order valence-electron chi connectivity index (χ2n) is 4.86. The zero-order chi connectivity index (χ0) is 12.0. The summed E-state index contributed by atoms with van der Waals surface area (Å²) in [5.74, 6) is 0.737. The van der Waals surface area contributed by atoms with Crippen molar-refractivity contribution in [2.24, 2.45) is 5.92 Å². The van der Waals surface area contributed by atoms with Crippen LogP contribution < -0.4 is 5.32 Å². The smallest absolute Gasteiger partial charge is 0.0636 e. The third kappa shape index (κ3) is 4.81. The van der Waals surface area contributed by atoms with E-state index in [9.17, 15) is 0 Å². The molecule has 1 unspecified atom stereocenters. The molecule has 1 aromatic rings. The fourth-order valence-electron chi connectivity index (χ4n) is 1.63. The van der Waals surface area contributed by atoms with Gasteiger partial charge in [-0.05, 0) is 31.4 Å². The van der Waals surface area contributed by atoms with Gasteiger partial charge in [0.15, 0.2) is 0 Å². The lowest BCUT2D eigenvalue weighted by molar-refractivity contribution is 0.190. The lowest BCUT2D eigenvalue weighted by atomic mass is 10.1. The summed E-state index contributed by atoms with van der Waals surface area (Å²) in [6.07, 6.45) is 3.05. The third-order valence-electron chi connectivity index (χ3n) is 2.62. The Kier molecular flexibility index (Phi) is 5.56. The molecule has 1 heterocycles. The molecule has 0 fully saturated rings. The molecule has 3 heteroatoms. The van der Waals surface area contributed by atoms with Gasteiger partial charge in [-0.25, -0.2) is 0 Å². The minimum Gasteiger partial charge on any atom is -0.392 e. The maximum Gasteiger partial charge on any atom is 0.0636 e. The number of nitrogens with one attached hydrogen (secondary N) is 1. The highest BCUT2D eigenvalue weighted by molar-refractivity contribution is 5.06. The largest absolute Gasteiger partial charge is 0.392 e. The van der Waals surface area contributed by atoms with Gasteiger partial charge in [0.2, 0.25) is 0 Å². The highest BCUT2D eigenvalue weighted by Gasteiger charge is 2.02. The molecule has 0 bridgehead atoms. The van der Waals surface area contributed by atoms with Crippen LogP contribution in [0.15, 0.2) is 18.3 Å². The van der Waals surface area contributed by atoms with E-state index in [1.165, 1.54) is 12.1 Å². The Morgan fingerprint density at radius 2 is 2.12 bits per heavy atom. The first-order valence-corrected chi connectivity index (χ1v) is 6.12. The van der Waals surface area contributed by atoms with E-state index in [2.05, 4.69) is 42.1 Å². The van der Waals surface area contributed by atoms with Crippen molar-refractivity contribution in [2.75, 3.05) is 6.54 Å². The topological polar surface area (TPSA) is 37.2 Å². The molecule has 0 aliphatic rings. The number of hydrogen-bond donors (Lipinski definition) is 2. The minimum absolute atomic E-state index is 0.279. The fourth-order valence-corrected chi connectivity index (χ4v) is 1.63. The molecule has 0 aliphatic carbocycles. The molecule has 0 radical (unpaired) electrons. The summed E-state index contributed by atoms with van der Waals surface area (Å²) >= 11 is 0. The molecule has 0 saturated heterocycles. The van der Waals surface area contributed by atoms with Gasteiger partial charge < -0.3 is 15.0 Å². The van der Waals surface area contributed by atoms with Gasteiger partial charge in [0.25, 0.3) is 0 Å². The van der Waals surface area contributed by atoms with E-state index in [1.807, 2.05) is 0 Å². The summed E-state index contributed by atoms with van der Waals surface area (Å²) < 4.78 is 2.29. The second-order valence-corrected chi connectivity index (χ2v) is 4.86. The van der Waals surface area contributed by atoms with Crippen molar-refractivity contribution in [2.45, 2.75) is 46.4 Å². The molecule has 0 amide bonds. The molecule has 1 aromatic heterocycles. The molecular formula is C13H24N2O. The third-order valence-corrected chi connectivity index (χ3v) is 2.62. The first-order chi connectivity index (χ1) is 7.59. The van der Waals surface area contributed by atoms with Crippen LogP contribution in [0.1, 0.15) is 32.9 Å². The first-order valence-electron chi connectivity index (χ1n) is 6.12. The normalized spacial score (nSPS) is 13.3. The van der Waals surface area contributed by atoms with Crippen LogP contribution >= 0.6 is 0 Å². The van der Waals surface area contributed by atoms with Crippen molar-refractivity contribution in [1.82, 2.24) is 9.88 Å². The SMILES string of the molecule is CC(C)CCn1cccc1CNCC(C)O. The van der Waals surface area contributed by atoms with Gasteiger partial charge in [0.1, 0.15) is 0 Å². The lowest BCUT2D eigenvalue weighted by Crippen LogP contribution is -2.25. The van der Waals surface area contributed by atoms with E-state index in [0.717, 1.165) is 19.0 Å².